The highest BCUT2D eigenvalue weighted by Crippen LogP contribution is 2.24. The Hall–Kier alpha value is -3.39. The Morgan fingerprint density at radius 2 is 1.90 bits per heavy atom. The number of hydrogen-bond donors (Lipinski definition) is 1. The number of hydrogen-bond acceptors (Lipinski definition) is 5. The number of amides is 2. The van der Waals surface area contributed by atoms with Gasteiger partial charge in [0.15, 0.2) is 5.69 Å². The van der Waals surface area contributed by atoms with E-state index in [0.29, 0.717) is 12.1 Å². The van der Waals surface area contributed by atoms with Crippen LogP contribution in [0, 0.1) is 5.82 Å². The van der Waals surface area contributed by atoms with Crippen molar-refractivity contribution in [3.8, 4) is 0 Å². The fraction of sp³-hybridized carbons (Fsp3) is 0.143. The Labute approximate surface area is 171 Å². The molecule has 0 saturated carbocycles. The average molecular weight is 410 g/mol. The molecule has 1 aromatic heterocycles. The van der Waals surface area contributed by atoms with Gasteiger partial charge in [-0.2, -0.15) is 0 Å². The zero-order valence-corrected chi connectivity index (χ0v) is 16.3. The molecule has 8 heteroatoms. The summed E-state index contributed by atoms with van der Waals surface area (Å²) in [5, 5.41) is 8.19. The summed E-state index contributed by atoms with van der Waals surface area (Å²) in [4.78, 5) is 27.5. The molecule has 2 amide bonds. The van der Waals surface area contributed by atoms with Gasteiger partial charge in [0.1, 0.15) is 11.9 Å². The van der Waals surface area contributed by atoms with Crippen LogP contribution in [0.3, 0.4) is 0 Å². The Morgan fingerprint density at radius 3 is 2.52 bits per heavy atom. The van der Waals surface area contributed by atoms with Gasteiger partial charge in [0.25, 0.3) is 5.91 Å². The fourth-order valence-electron chi connectivity index (χ4n) is 2.85. The summed E-state index contributed by atoms with van der Waals surface area (Å²) in [6, 6.07) is 13.9. The number of nitrogens with one attached hydrogen (secondary N) is 1. The summed E-state index contributed by atoms with van der Waals surface area (Å²) in [5.41, 5.74) is 1.54. The molecule has 1 unspecified atom stereocenters. The molecule has 3 aromatic rings. The van der Waals surface area contributed by atoms with E-state index in [1.165, 1.54) is 40.6 Å². The first kappa shape index (κ1) is 20.3. The van der Waals surface area contributed by atoms with Crippen LogP contribution in [-0.2, 0) is 11.3 Å². The number of carbonyl (C=O) groups excluding carboxylic acids is 2. The van der Waals surface area contributed by atoms with Crippen LogP contribution in [0.25, 0.3) is 0 Å². The molecular formula is C21H19FN4O2S. The first-order valence-corrected chi connectivity index (χ1v) is 9.70. The van der Waals surface area contributed by atoms with E-state index in [9.17, 15) is 14.0 Å². The van der Waals surface area contributed by atoms with Crippen LogP contribution in [0.1, 0.15) is 27.7 Å². The molecule has 0 aliphatic carbocycles. The third kappa shape index (κ3) is 5.11. The van der Waals surface area contributed by atoms with E-state index in [4.69, 9.17) is 0 Å². The Balaban J connectivity index is 1.91. The number of rotatable bonds is 8. The maximum atomic E-state index is 13.4. The molecule has 0 aliphatic heterocycles. The van der Waals surface area contributed by atoms with E-state index < -0.39 is 17.8 Å². The van der Waals surface area contributed by atoms with Crippen molar-refractivity contribution >= 4 is 23.3 Å². The number of halogens is 1. The second-order valence-electron chi connectivity index (χ2n) is 6.19. The highest BCUT2D eigenvalue weighted by Gasteiger charge is 2.32. The van der Waals surface area contributed by atoms with E-state index in [0.717, 1.165) is 17.1 Å². The van der Waals surface area contributed by atoms with Crippen LogP contribution in [0.4, 0.5) is 4.39 Å². The standard InChI is InChI=1S/C21H19FN4O2S/c1-2-12-26(21(28)18-14-29-25-24-18)19(16-8-10-17(22)11-9-16)20(27)23-13-15-6-4-3-5-7-15/h2-11,14,19H,1,12-13H2,(H,23,27). The maximum Gasteiger partial charge on any atom is 0.276 e. The van der Waals surface area contributed by atoms with Crippen molar-refractivity contribution in [2.24, 2.45) is 0 Å². The molecule has 0 saturated heterocycles. The van der Waals surface area contributed by atoms with Gasteiger partial charge in [-0.3, -0.25) is 9.59 Å². The summed E-state index contributed by atoms with van der Waals surface area (Å²) in [5.74, 6) is -1.27. The topological polar surface area (TPSA) is 75.2 Å². The predicted octanol–water partition coefficient (Wildman–Crippen LogP) is 3.36. The third-order valence-electron chi connectivity index (χ3n) is 4.22. The van der Waals surface area contributed by atoms with Crippen molar-refractivity contribution < 1.29 is 14.0 Å². The van der Waals surface area contributed by atoms with Gasteiger partial charge in [-0.15, -0.1) is 11.7 Å². The molecule has 3 rings (SSSR count). The number of nitrogens with zero attached hydrogens (tertiary/aromatic N) is 3. The number of aromatic nitrogens is 2. The van der Waals surface area contributed by atoms with Crippen LogP contribution in [-0.4, -0.2) is 32.8 Å². The number of carbonyl (C=O) groups is 2. The lowest BCUT2D eigenvalue weighted by atomic mass is 10.0. The van der Waals surface area contributed by atoms with E-state index in [-0.39, 0.29) is 18.1 Å². The highest BCUT2D eigenvalue weighted by molar-refractivity contribution is 7.03. The van der Waals surface area contributed by atoms with E-state index >= 15 is 0 Å². The Kier molecular flexibility index (Phi) is 6.80. The van der Waals surface area contributed by atoms with Crippen LogP contribution in [0.5, 0.6) is 0 Å². The van der Waals surface area contributed by atoms with Crippen LogP contribution >= 0.6 is 11.5 Å². The highest BCUT2D eigenvalue weighted by atomic mass is 32.1. The summed E-state index contributed by atoms with van der Waals surface area (Å²) in [7, 11) is 0. The SMILES string of the molecule is C=CCN(C(=O)c1csnn1)C(C(=O)NCc1ccccc1)c1ccc(F)cc1. The van der Waals surface area contributed by atoms with Crippen molar-refractivity contribution in [2.45, 2.75) is 12.6 Å². The maximum absolute atomic E-state index is 13.4. The lowest BCUT2D eigenvalue weighted by molar-refractivity contribution is -0.126. The minimum Gasteiger partial charge on any atom is -0.350 e. The van der Waals surface area contributed by atoms with Crippen molar-refractivity contribution in [1.82, 2.24) is 19.8 Å². The van der Waals surface area contributed by atoms with Crippen molar-refractivity contribution in [1.29, 1.82) is 0 Å². The summed E-state index contributed by atoms with van der Waals surface area (Å²) >= 11 is 1.04. The molecule has 29 heavy (non-hydrogen) atoms. The van der Waals surface area contributed by atoms with Gasteiger partial charge in [-0.25, -0.2) is 4.39 Å². The smallest absolute Gasteiger partial charge is 0.276 e. The lowest BCUT2D eigenvalue weighted by Crippen LogP contribution is -2.43. The van der Waals surface area contributed by atoms with Crippen LogP contribution in [0.15, 0.2) is 72.6 Å². The average Bonchev–Trinajstić information content (AvgIpc) is 3.28. The van der Waals surface area contributed by atoms with Crippen molar-refractivity contribution in [3.63, 3.8) is 0 Å². The molecule has 0 aliphatic rings. The van der Waals surface area contributed by atoms with Crippen LogP contribution < -0.4 is 5.32 Å². The number of benzene rings is 2. The second kappa shape index (κ2) is 9.70. The predicted molar refractivity (Wildman–Crippen MR) is 109 cm³/mol. The van der Waals surface area contributed by atoms with Crippen molar-refractivity contribution in [3.05, 3.63) is 95.3 Å². The molecule has 1 atom stereocenters. The first-order valence-electron chi connectivity index (χ1n) is 8.86. The Bertz CT molecular complexity index is 962. The van der Waals surface area contributed by atoms with Gasteiger partial charge in [0, 0.05) is 18.5 Å². The summed E-state index contributed by atoms with van der Waals surface area (Å²) in [6.45, 7) is 4.09. The monoisotopic (exact) mass is 410 g/mol. The van der Waals surface area contributed by atoms with Crippen molar-refractivity contribution in [2.75, 3.05) is 6.54 Å². The molecule has 0 bridgehead atoms. The molecular weight excluding hydrogens is 391 g/mol. The molecule has 6 nitrogen and oxygen atoms in total. The first-order chi connectivity index (χ1) is 14.1. The molecule has 1 N–H and O–H groups in total. The van der Waals surface area contributed by atoms with E-state index in [1.807, 2.05) is 30.3 Å². The van der Waals surface area contributed by atoms with Gasteiger partial charge >= 0.3 is 0 Å². The molecule has 0 spiro atoms. The van der Waals surface area contributed by atoms with Gasteiger partial charge in [0.05, 0.1) is 0 Å². The van der Waals surface area contributed by atoms with E-state index in [1.54, 1.807) is 0 Å². The van der Waals surface area contributed by atoms with Gasteiger partial charge in [-0.1, -0.05) is 53.0 Å². The fourth-order valence-corrected chi connectivity index (χ4v) is 3.28. The molecule has 2 aromatic carbocycles. The minimum absolute atomic E-state index is 0.108. The molecule has 0 radical (unpaired) electrons. The van der Waals surface area contributed by atoms with Gasteiger partial charge in [0.2, 0.25) is 5.91 Å². The van der Waals surface area contributed by atoms with Gasteiger partial charge in [-0.05, 0) is 34.8 Å². The minimum atomic E-state index is -0.980. The normalized spacial score (nSPS) is 11.5. The summed E-state index contributed by atoms with van der Waals surface area (Å²) in [6.07, 6.45) is 1.53. The summed E-state index contributed by atoms with van der Waals surface area (Å²) < 4.78 is 17.2. The van der Waals surface area contributed by atoms with Gasteiger partial charge < -0.3 is 10.2 Å². The zero-order valence-electron chi connectivity index (χ0n) is 15.5. The lowest BCUT2D eigenvalue weighted by Gasteiger charge is -2.30. The zero-order chi connectivity index (χ0) is 20.6. The second-order valence-corrected chi connectivity index (χ2v) is 6.80. The quantitative estimate of drug-likeness (QED) is 0.578. The van der Waals surface area contributed by atoms with E-state index in [2.05, 4.69) is 21.5 Å². The molecule has 1 heterocycles. The third-order valence-corrected chi connectivity index (χ3v) is 4.73. The van der Waals surface area contributed by atoms with Crippen LogP contribution in [0.2, 0.25) is 0 Å². The Morgan fingerprint density at radius 1 is 1.17 bits per heavy atom. The largest absolute Gasteiger partial charge is 0.350 e. The molecule has 148 valence electrons. The molecule has 0 fully saturated rings.